The number of aromatic nitrogens is 1. The maximum absolute atomic E-state index is 12.2. The molecule has 0 atom stereocenters. The predicted octanol–water partition coefficient (Wildman–Crippen LogP) is 4.23. The van der Waals surface area contributed by atoms with E-state index in [9.17, 15) is 4.79 Å². The lowest BCUT2D eigenvalue weighted by atomic mass is 10.1. The molecule has 2 aromatic heterocycles. The lowest BCUT2D eigenvalue weighted by Gasteiger charge is -2.31. The van der Waals surface area contributed by atoms with Crippen LogP contribution in [0.3, 0.4) is 0 Å². The quantitative estimate of drug-likeness (QED) is 0.699. The van der Waals surface area contributed by atoms with Crippen LogP contribution in [0.15, 0.2) is 41.0 Å². The molecule has 24 heavy (non-hydrogen) atoms. The normalized spacial score (nSPS) is 15.8. The Balaban J connectivity index is 1.39. The molecule has 0 bridgehead atoms. The van der Waals surface area contributed by atoms with Crippen LogP contribution in [-0.4, -0.2) is 35.0 Å². The number of nitrogens with zero attached hydrogens (tertiary/aromatic N) is 2. The molecule has 0 saturated carbocycles. The van der Waals surface area contributed by atoms with Gasteiger partial charge < -0.3 is 14.1 Å². The first-order chi connectivity index (χ1) is 11.7. The smallest absolute Gasteiger partial charge is 0.289 e. The number of amides is 1. The summed E-state index contributed by atoms with van der Waals surface area (Å²) in [5.74, 6) is 0.320. The molecule has 0 spiro atoms. The van der Waals surface area contributed by atoms with E-state index in [1.165, 1.54) is 17.6 Å². The zero-order chi connectivity index (χ0) is 16.5. The van der Waals surface area contributed by atoms with Crippen molar-refractivity contribution in [3.05, 3.63) is 47.4 Å². The Hall–Kier alpha value is -2.05. The Morgan fingerprint density at radius 2 is 2.12 bits per heavy atom. The number of piperidine rings is 1. The summed E-state index contributed by atoms with van der Waals surface area (Å²) in [5.41, 5.74) is 0.782. The third kappa shape index (κ3) is 2.99. The Morgan fingerprint density at radius 1 is 1.29 bits per heavy atom. The standard InChI is InChI=1S/C17H15ClN2O3S/c18-12-3-1-5-14-15(12)19-17(24-14)23-11-6-8-20(9-7-11)16(21)13-4-2-10-22-13/h1-5,10-11H,6-9H2. The molecule has 124 valence electrons. The summed E-state index contributed by atoms with van der Waals surface area (Å²) in [6.45, 7) is 1.30. The number of rotatable bonds is 3. The molecule has 1 amide bonds. The molecule has 0 aliphatic carbocycles. The largest absolute Gasteiger partial charge is 0.467 e. The average Bonchev–Trinajstić information content (AvgIpc) is 3.25. The minimum Gasteiger partial charge on any atom is -0.467 e. The Bertz CT molecular complexity index is 854. The number of likely N-dealkylation sites (tertiary alicyclic amines) is 1. The van der Waals surface area contributed by atoms with E-state index in [0.29, 0.717) is 29.1 Å². The highest BCUT2D eigenvalue weighted by molar-refractivity contribution is 7.20. The second kappa shape index (κ2) is 6.45. The van der Waals surface area contributed by atoms with Crippen LogP contribution in [-0.2, 0) is 0 Å². The van der Waals surface area contributed by atoms with Crippen LogP contribution < -0.4 is 4.74 Å². The molecule has 5 nitrogen and oxygen atoms in total. The van der Waals surface area contributed by atoms with Gasteiger partial charge in [0.25, 0.3) is 11.1 Å². The summed E-state index contributed by atoms with van der Waals surface area (Å²) in [7, 11) is 0. The summed E-state index contributed by atoms with van der Waals surface area (Å²) in [6.07, 6.45) is 3.12. The van der Waals surface area contributed by atoms with E-state index in [1.807, 2.05) is 18.2 Å². The molecule has 0 N–H and O–H groups in total. The maximum atomic E-state index is 12.2. The molecule has 1 aromatic carbocycles. The van der Waals surface area contributed by atoms with E-state index in [2.05, 4.69) is 4.98 Å². The molecule has 3 aromatic rings. The number of thiazole rings is 1. The van der Waals surface area contributed by atoms with E-state index in [1.54, 1.807) is 17.0 Å². The van der Waals surface area contributed by atoms with E-state index >= 15 is 0 Å². The number of hydrogen-bond acceptors (Lipinski definition) is 5. The molecular weight excluding hydrogens is 348 g/mol. The van der Waals surface area contributed by atoms with Gasteiger partial charge in [-0.3, -0.25) is 4.79 Å². The zero-order valence-electron chi connectivity index (χ0n) is 12.8. The van der Waals surface area contributed by atoms with Crippen molar-refractivity contribution in [1.29, 1.82) is 0 Å². The molecule has 3 heterocycles. The fraction of sp³-hybridized carbons (Fsp3) is 0.294. The van der Waals surface area contributed by atoms with Gasteiger partial charge in [0.05, 0.1) is 16.0 Å². The third-order valence-electron chi connectivity index (χ3n) is 4.08. The van der Waals surface area contributed by atoms with Gasteiger partial charge in [-0.2, -0.15) is 0 Å². The van der Waals surface area contributed by atoms with Crippen molar-refractivity contribution in [3.63, 3.8) is 0 Å². The summed E-state index contributed by atoms with van der Waals surface area (Å²) in [6, 6.07) is 9.13. The molecule has 0 unspecified atom stereocenters. The van der Waals surface area contributed by atoms with Crippen LogP contribution >= 0.6 is 22.9 Å². The van der Waals surface area contributed by atoms with Crippen molar-refractivity contribution < 1.29 is 13.9 Å². The Morgan fingerprint density at radius 3 is 2.83 bits per heavy atom. The number of ether oxygens (including phenoxy) is 1. The molecule has 4 rings (SSSR count). The van der Waals surface area contributed by atoms with Gasteiger partial charge in [-0.1, -0.05) is 29.0 Å². The van der Waals surface area contributed by atoms with Gasteiger partial charge in [0.15, 0.2) is 5.76 Å². The second-order valence-corrected chi connectivity index (χ2v) is 7.05. The van der Waals surface area contributed by atoms with Gasteiger partial charge in [0, 0.05) is 25.9 Å². The van der Waals surface area contributed by atoms with Crippen molar-refractivity contribution in [2.75, 3.05) is 13.1 Å². The number of para-hydroxylation sites is 1. The van der Waals surface area contributed by atoms with Crippen LogP contribution in [0.2, 0.25) is 5.02 Å². The number of hydrogen-bond donors (Lipinski definition) is 0. The van der Waals surface area contributed by atoms with Crippen molar-refractivity contribution in [2.24, 2.45) is 0 Å². The molecule has 1 saturated heterocycles. The Labute approximate surface area is 147 Å². The van der Waals surface area contributed by atoms with Gasteiger partial charge in [0.2, 0.25) is 0 Å². The number of halogens is 1. The van der Waals surface area contributed by atoms with Crippen LogP contribution in [0.4, 0.5) is 0 Å². The molecule has 0 radical (unpaired) electrons. The van der Waals surface area contributed by atoms with E-state index in [0.717, 1.165) is 23.1 Å². The van der Waals surface area contributed by atoms with Gasteiger partial charge in [-0.05, 0) is 24.3 Å². The molecule has 1 aliphatic heterocycles. The Kier molecular flexibility index (Phi) is 4.16. The number of benzene rings is 1. The van der Waals surface area contributed by atoms with Gasteiger partial charge in [-0.25, -0.2) is 4.98 Å². The first kappa shape index (κ1) is 15.5. The predicted molar refractivity (Wildman–Crippen MR) is 92.9 cm³/mol. The number of carbonyl (C=O) groups is 1. The molecule has 1 fully saturated rings. The number of fused-ring (bicyclic) bond motifs is 1. The first-order valence-electron chi connectivity index (χ1n) is 7.75. The van der Waals surface area contributed by atoms with Crippen molar-refractivity contribution >= 4 is 39.1 Å². The molecule has 1 aliphatic rings. The topological polar surface area (TPSA) is 55.6 Å². The summed E-state index contributed by atoms with van der Waals surface area (Å²) in [4.78, 5) is 18.5. The van der Waals surface area contributed by atoms with Crippen molar-refractivity contribution in [2.45, 2.75) is 18.9 Å². The summed E-state index contributed by atoms with van der Waals surface area (Å²) >= 11 is 7.65. The van der Waals surface area contributed by atoms with Crippen LogP contribution in [0.25, 0.3) is 10.2 Å². The molecular formula is C17H15ClN2O3S. The number of carbonyl (C=O) groups excluding carboxylic acids is 1. The first-order valence-corrected chi connectivity index (χ1v) is 8.94. The van der Waals surface area contributed by atoms with Crippen molar-refractivity contribution in [1.82, 2.24) is 9.88 Å². The van der Waals surface area contributed by atoms with Gasteiger partial charge >= 0.3 is 0 Å². The van der Waals surface area contributed by atoms with Crippen LogP contribution in [0, 0.1) is 0 Å². The van der Waals surface area contributed by atoms with Crippen molar-refractivity contribution in [3.8, 4) is 5.19 Å². The minimum absolute atomic E-state index is 0.0602. The summed E-state index contributed by atoms with van der Waals surface area (Å²) < 4.78 is 12.2. The second-order valence-electron chi connectivity index (χ2n) is 5.65. The zero-order valence-corrected chi connectivity index (χ0v) is 14.3. The monoisotopic (exact) mass is 362 g/mol. The van der Waals surface area contributed by atoms with E-state index < -0.39 is 0 Å². The highest BCUT2D eigenvalue weighted by atomic mass is 35.5. The maximum Gasteiger partial charge on any atom is 0.289 e. The minimum atomic E-state index is -0.0646. The SMILES string of the molecule is O=C(c1ccco1)N1CCC(Oc2nc3c(Cl)cccc3s2)CC1. The lowest BCUT2D eigenvalue weighted by Crippen LogP contribution is -2.41. The van der Waals surface area contributed by atoms with Gasteiger partial charge in [-0.15, -0.1) is 0 Å². The fourth-order valence-corrected chi connectivity index (χ4v) is 4.00. The fourth-order valence-electron chi connectivity index (χ4n) is 2.82. The highest BCUT2D eigenvalue weighted by Crippen LogP contribution is 2.33. The summed E-state index contributed by atoms with van der Waals surface area (Å²) in [5, 5.41) is 1.27. The van der Waals surface area contributed by atoms with Crippen LogP contribution in [0.5, 0.6) is 5.19 Å². The molecule has 7 heteroatoms. The number of furan rings is 1. The average molecular weight is 363 g/mol. The van der Waals surface area contributed by atoms with Gasteiger partial charge in [0.1, 0.15) is 11.6 Å². The third-order valence-corrected chi connectivity index (χ3v) is 5.30. The van der Waals surface area contributed by atoms with E-state index in [-0.39, 0.29) is 12.0 Å². The highest BCUT2D eigenvalue weighted by Gasteiger charge is 2.26. The van der Waals surface area contributed by atoms with Crippen LogP contribution in [0.1, 0.15) is 23.4 Å². The van der Waals surface area contributed by atoms with E-state index in [4.69, 9.17) is 20.8 Å². The lowest BCUT2D eigenvalue weighted by molar-refractivity contribution is 0.0567.